The van der Waals surface area contributed by atoms with E-state index in [0.717, 1.165) is 11.1 Å². The first-order valence-electron chi connectivity index (χ1n) is 7.78. The number of nitrogens with zero attached hydrogens (tertiary/aromatic N) is 3. The van der Waals surface area contributed by atoms with Crippen LogP contribution in [0.3, 0.4) is 0 Å². The van der Waals surface area contributed by atoms with Crippen molar-refractivity contribution in [2.24, 2.45) is 0 Å². The summed E-state index contributed by atoms with van der Waals surface area (Å²) in [4.78, 5) is 6.62. The van der Waals surface area contributed by atoms with E-state index in [-0.39, 0.29) is 5.75 Å². The van der Waals surface area contributed by atoms with Gasteiger partial charge in [0.1, 0.15) is 17.2 Å². The summed E-state index contributed by atoms with van der Waals surface area (Å²) >= 11 is 0. The highest BCUT2D eigenvalue weighted by Crippen LogP contribution is 2.24. The van der Waals surface area contributed by atoms with E-state index in [1.807, 2.05) is 37.2 Å². The number of hydrogen-bond acceptors (Lipinski definition) is 6. The number of aryl methyl sites for hydroxylation is 1. The third-order valence-corrected chi connectivity index (χ3v) is 4.74. The molecule has 0 bridgehead atoms. The Labute approximate surface area is 146 Å². The lowest BCUT2D eigenvalue weighted by Gasteiger charge is -2.12. The first-order chi connectivity index (χ1) is 11.8. The summed E-state index contributed by atoms with van der Waals surface area (Å²) in [7, 11) is 0.293. The molecule has 0 aliphatic heterocycles. The van der Waals surface area contributed by atoms with Crippen molar-refractivity contribution in [3.63, 3.8) is 0 Å². The van der Waals surface area contributed by atoms with Gasteiger partial charge in [-0.05, 0) is 33.2 Å². The minimum absolute atomic E-state index is 0.252. The first kappa shape index (κ1) is 17.4. The lowest BCUT2D eigenvalue weighted by atomic mass is 10.2. The molecular weight excluding hydrogens is 340 g/mol. The molecular formula is C17H20N4O3S. The van der Waals surface area contributed by atoms with Crippen molar-refractivity contribution in [1.29, 1.82) is 0 Å². The SMILES string of the molecule is Cc1cc(CS(=O)(=O)Nc2cccc3ccc(CN(C)C)nc23)no1. The molecule has 0 atom stereocenters. The molecule has 132 valence electrons. The lowest BCUT2D eigenvalue weighted by Crippen LogP contribution is -2.16. The van der Waals surface area contributed by atoms with Crippen LogP contribution in [0.2, 0.25) is 0 Å². The number of nitrogens with one attached hydrogen (secondary N) is 1. The van der Waals surface area contributed by atoms with Gasteiger partial charge in [0.15, 0.2) is 0 Å². The van der Waals surface area contributed by atoms with E-state index in [4.69, 9.17) is 4.52 Å². The Morgan fingerprint density at radius 1 is 1.16 bits per heavy atom. The summed E-state index contributed by atoms with van der Waals surface area (Å²) in [6.45, 7) is 2.40. The standard InChI is InChI=1S/C17H20N4O3S/c1-12-9-15(19-24-12)11-25(22,23)20-16-6-4-5-13-7-8-14(10-21(2)3)18-17(13)16/h4-9,20H,10-11H2,1-3H3. The highest BCUT2D eigenvalue weighted by atomic mass is 32.2. The highest BCUT2D eigenvalue weighted by molar-refractivity contribution is 7.91. The molecule has 1 N–H and O–H groups in total. The average Bonchev–Trinajstić information content (AvgIpc) is 2.91. The summed E-state index contributed by atoms with van der Waals surface area (Å²) in [5.41, 5.74) is 2.32. The number of hydrogen-bond donors (Lipinski definition) is 1. The average molecular weight is 360 g/mol. The smallest absolute Gasteiger partial charge is 0.238 e. The van der Waals surface area contributed by atoms with Gasteiger partial charge in [-0.25, -0.2) is 13.4 Å². The maximum absolute atomic E-state index is 12.5. The zero-order valence-corrected chi connectivity index (χ0v) is 15.2. The van der Waals surface area contributed by atoms with Crippen molar-refractivity contribution >= 4 is 26.6 Å². The zero-order chi connectivity index (χ0) is 18.0. The monoisotopic (exact) mass is 360 g/mol. The molecule has 0 aliphatic carbocycles. The van der Waals surface area contributed by atoms with Gasteiger partial charge < -0.3 is 9.42 Å². The Morgan fingerprint density at radius 2 is 1.96 bits per heavy atom. The number of rotatable bonds is 6. The van der Waals surface area contributed by atoms with Crippen LogP contribution in [0.25, 0.3) is 10.9 Å². The van der Waals surface area contributed by atoms with Crippen molar-refractivity contribution in [2.45, 2.75) is 19.2 Å². The number of aromatic nitrogens is 2. The zero-order valence-electron chi connectivity index (χ0n) is 14.4. The molecule has 2 heterocycles. The van der Waals surface area contributed by atoms with Gasteiger partial charge in [-0.1, -0.05) is 23.4 Å². The fourth-order valence-corrected chi connectivity index (χ4v) is 3.66. The fraction of sp³-hybridized carbons (Fsp3) is 0.294. The van der Waals surface area contributed by atoms with Crippen LogP contribution in [0.4, 0.5) is 5.69 Å². The number of anilines is 1. The number of para-hydroxylation sites is 1. The summed E-state index contributed by atoms with van der Waals surface area (Å²) in [6, 6.07) is 10.9. The van der Waals surface area contributed by atoms with Gasteiger partial charge in [0.2, 0.25) is 10.0 Å². The maximum Gasteiger partial charge on any atom is 0.238 e. The van der Waals surface area contributed by atoms with Gasteiger partial charge in [0.05, 0.1) is 16.9 Å². The normalized spacial score (nSPS) is 12.0. The topological polar surface area (TPSA) is 88.3 Å². The highest BCUT2D eigenvalue weighted by Gasteiger charge is 2.16. The molecule has 25 heavy (non-hydrogen) atoms. The molecule has 0 spiro atoms. The maximum atomic E-state index is 12.5. The van der Waals surface area contributed by atoms with E-state index in [2.05, 4.69) is 14.9 Å². The van der Waals surface area contributed by atoms with Crippen molar-refractivity contribution < 1.29 is 12.9 Å². The van der Waals surface area contributed by atoms with Crippen molar-refractivity contribution in [2.75, 3.05) is 18.8 Å². The second-order valence-corrected chi connectivity index (χ2v) is 7.93. The third kappa shape index (κ3) is 4.34. The van der Waals surface area contributed by atoms with E-state index in [1.165, 1.54) is 0 Å². The summed E-state index contributed by atoms with van der Waals surface area (Å²) in [6.07, 6.45) is 0. The number of fused-ring (bicyclic) bond motifs is 1. The van der Waals surface area contributed by atoms with Crippen LogP contribution in [-0.2, 0) is 22.3 Å². The van der Waals surface area contributed by atoms with Crippen molar-refractivity contribution in [3.8, 4) is 0 Å². The van der Waals surface area contributed by atoms with Crippen LogP contribution in [0.15, 0.2) is 40.9 Å². The molecule has 0 amide bonds. The van der Waals surface area contributed by atoms with E-state index in [0.29, 0.717) is 29.2 Å². The molecule has 0 fully saturated rings. The molecule has 3 aromatic rings. The molecule has 0 saturated carbocycles. The molecule has 1 aromatic carbocycles. The third-order valence-electron chi connectivity index (χ3n) is 3.54. The quantitative estimate of drug-likeness (QED) is 0.727. The van der Waals surface area contributed by atoms with Gasteiger partial charge in [-0.2, -0.15) is 0 Å². The summed E-state index contributed by atoms with van der Waals surface area (Å²) in [5.74, 6) is 0.323. The summed E-state index contributed by atoms with van der Waals surface area (Å²) in [5, 5.41) is 4.61. The predicted octanol–water partition coefficient (Wildman–Crippen LogP) is 2.53. The Morgan fingerprint density at radius 3 is 2.64 bits per heavy atom. The second-order valence-electron chi connectivity index (χ2n) is 6.21. The minimum atomic E-state index is -3.62. The van der Waals surface area contributed by atoms with Gasteiger partial charge in [-0.3, -0.25) is 4.72 Å². The molecule has 0 unspecified atom stereocenters. The molecule has 3 rings (SSSR count). The minimum Gasteiger partial charge on any atom is -0.361 e. The van der Waals surface area contributed by atoms with E-state index in [1.54, 1.807) is 25.1 Å². The van der Waals surface area contributed by atoms with Crippen LogP contribution >= 0.6 is 0 Å². The van der Waals surface area contributed by atoms with E-state index >= 15 is 0 Å². The molecule has 7 nitrogen and oxygen atoms in total. The molecule has 0 saturated heterocycles. The Hall–Kier alpha value is -2.45. The molecule has 2 aromatic heterocycles. The molecule has 0 radical (unpaired) electrons. The Bertz CT molecular complexity index is 996. The van der Waals surface area contributed by atoms with Crippen LogP contribution in [-0.4, -0.2) is 37.6 Å². The number of sulfonamides is 1. The van der Waals surface area contributed by atoms with E-state index in [9.17, 15) is 8.42 Å². The second kappa shape index (κ2) is 6.81. The van der Waals surface area contributed by atoms with Crippen LogP contribution < -0.4 is 4.72 Å². The predicted molar refractivity (Wildman–Crippen MR) is 96.6 cm³/mol. The molecule has 0 aliphatic rings. The summed E-state index contributed by atoms with van der Waals surface area (Å²) < 4.78 is 32.5. The van der Waals surface area contributed by atoms with Crippen LogP contribution in [0.5, 0.6) is 0 Å². The van der Waals surface area contributed by atoms with Crippen LogP contribution in [0, 0.1) is 6.92 Å². The van der Waals surface area contributed by atoms with Crippen molar-refractivity contribution in [1.82, 2.24) is 15.0 Å². The van der Waals surface area contributed by atoms with Gasteiger partial charge >= 0.3 is 0 Å². The van der Waals surface area contributed by atoms with Crippen LogP contribution in [0.1, 0.15) is 17.1 Å². The first-order valence-corrected chi connectivity index (χ1v) is 9.44. The van der Waals surface area contributed by atoms with Gasteiger partial charge in [0.25, 0.3) is 0 Å². The number of pyridine rings is 1. The fourth-order valence-electron chi connectivity index (χ4n) is 2.57. The Kier molecular flexibility index (Phi) is 4.73. The largest absolute Gasteiger partial charge is 0.361 e. The molecule has 8 heteroatoms. The number of benzene rings is 1. The van der Waals surface area contributed by atoms with E-state index < -0.39 is 10.0 Å². The lowest BCUT2D eigenvalue weighted by molar-refractivity contribution is 0.392. The van der Waals surface area contributed by atoms with Crippen molar-refractivity contribution in [3.05, 3.63) is 53.5 Å². The Balaban J connectivity index is 1.91. The van der Waals surface area contributed by atoms with Gasteiger partial charge in [-0.15, -0.1) is 0 Å². The van der Waals surface area contributed by atoms with Gasteiger partial charge in [0, 0.05) is 18.0 Å².